The first kappa shape index (κ1) is 20.6. The molecule has 1 N–H and O–H groups in total. The van der Waals surface area contributed by atoms with Gasteiger partial charge in [-0.1, -0.05) is 70.8 Å². The third kappa shape index (κ3) is 12.1. The monoisotopic (exact) mass is 334 g/mol. The maximum absolute atomic E-state index is 11.6. The van der Waals surface area contributed by atoms with E-state index in [1.165, 1.54) is 51.4 Å². The molecule has 4 nitrogen and oxygen atoms in total. The quantitative estimate of drug-likeness (QED) is 0.375. The van der Waals surface area contributed by atoms with Gasteiger partial charge < -0.3 is 10.1 Å². The molecule has 0 fully saturated rings. The molecule has 0 amide bonds. The van der Waals surface area contributed by atoms with Crippen molar-refractivity contribution in [3.63, 3.8) is 0 Å². The van der Waals surface area contributed by atoms with Crippen LogP contribution in [0.3, 0.4) is 0 Å². The summed E-state index contributed by atoms with van der Waals surface area (Å²) in [6.45, 7) is 3.63. The molecule has 1 aromatic rings. The highest BCUT2D eigenvalue weighted by atomic mass is 16.5. The summed E-state index contributed by atoms with van der Waals surface area (Å²) in [6, 6.07) is 5.75. The maximum atomic E-state index is 11.6. The van der Waals surface area contributed by atoms with Crippen molar-refractivity contribution in [3.8, 4) is 0 Å². The summed E-state index contributed by atoms with van der Waals surface area (Å²) in [7, 11) is 0. The highest BCUT2D eigenvalue weighted by Crippen LogP contribution is 2.10. The van der Waals surface area contributed by atoms with Crippen molar-refractivity contribution < 1.29 is 9.53 Å². The molecule has 0 aliphatic carbocycles. The van der Waals surface area contributed by atoms with Crippen LogP contribution in [0, 0.1) is 0 Å². The van der Waals surface area contributed by atoms with E-state index in [4.69, 9.17) is 4.74 Å². The minimum Gasteiger partial charge on any atom is -0.465 e. The van der Waals surface area contributed by atoms with Gasteiger partial charge in [0.15, 0.2) is 0 Å². The number of esters is 1. The molecular formula is C20H34N2O2. The molecule has 1 heterocycles. The van der Waals surface area contributed by atoms with Crippen molar-refractivity contribution in [1.29, 1.82) is 0 Å². The predicted octanol–water partition coefficient (Wildman–Crippen LogP) is 4.64. The molecule has 0 saturated carbocycles. The molecule has 0 unspecified atom stereocenters. The molecule has 0 radical (unpaired) electrons. The lowest BCUT2D eigenvalue weighted by atomic mass is 10.1. The number of rotatable bonds is 15. The number of aromatic nitrogens is 1. The molecule has 136 valence electrons. The summed E-state index contributed by atoms with van der Waals surface area (Å²) in [5.74, 6) is -0.179. The molecule has 24 heavy (non-hydrogen) atoms. The van der Waals surface area contributed by atoms with Gasteiger partial charge in [0, 0.05) is 12.7 Å². The van der Waals surface area contributed by atoms with Gasteiger partial charge in [-0.05, 0) is 18.6 Å². The van der Waals surface area contributed by atoms with Crippen molar-refractivity contribution in [2.75, 3.05) is 13.2 Å². The number of nitrogens with one attached hydrogen (secondary N) is 1. The highest BCUT2D eigenvalue weighted by Gasteiger charge is 2.02. The minimum atomic E-state index is -0.179. The number of hydrogen-bond acceptors (Lipinski definition) is 4. The molecule has 0 bridgehead atoms. The summed E-state index contributed by atoms with van der Waals surface area (Å²) < 4.78 is 5.23. The molecule has 0 atom stereocenters. The van der Waals surface area contributed by atoms with Crippen LogP contribution < -0.4 is 5.32 Å². The van der Waals surface area contributed by atoms with Crippen LogP contribution in [-0.2, 0) is 16.1 Å². The van der Waals surface area contributed by atoms with Crippen LogP contribution in [0.2, 0.25) is 0 Å². The van der Waals surface area contributed by atoms with Crippen LogP contribution in [0.1, 0.15) is 76.8 Å². The number of carbonyl (C=O) groups is 1. The van der Waals surface area contributed by atoms with E-state index in [1.807, 2.05) is 18.2 Å². The number of hydrogen-bond donors (Lipinski definition) is 1. The zero-order valence-corrected chi connectivity index (χ0v) is 15.3. The highest BCUT2D eigenvalue weighted by molar-refractivity contribution is 5.71. The van der Waals surface area contributed by atoms with E-state index in [0.717, 1.165) is 18.5 Å². The Morgan fingerprint density at radius 2 is 1.67 bits per heavy atom. The molecule has 0 aliphatic rings. The number of carbonyl (C=O) groups excluding carboxylic acids is 1. The third-order valence-electron chi connectivity index (χ3n) is 4.06. The Bertz CT molecular complexity index is 409. The summed E-state index contributed by atoms with van der Waals surface area (Å²) in [5, 5.41) is 3.05. The smallest absolute Gasteiger partial charge is 0.319 e. The summed E-state index contributed by atoms with van der Waals surface area (Å²) in [5.41, 5.74) is 0.931. The zero-order chi connectivity index (χ0) is 17.3. The Labute approximate surface area is 147 Å². The molecule has 0 spiro atoms. The van der Waals surface area contributed by atoms with E-state index in [2.05, 4.69) is 17.2 Å². The van der Waals surface area contributed by atoms with Gasteiger partial charge in [-0.3, -0.25) is 9.78 Å². The fourth-order valence-electron chi connectivity index (χ4n) is 2.62. The van der Waals surface area contributed by atoms with Crippen molar-refractivity contribution >= 4 is 5.97 Å². The predicted molar refractivity (Wildman–Crippen MR) is 98.7 cm³/mol. The Kier molecular flexibility index (Phi) is 13.0. The average molecular weight is 335 g/mol. The standard InChI is InChI=1S/C20H34N2O2/c1-2-3-4-5-6-7-8-9-10-13-16-24-20(23)18-21-17-19-14-11-12-15-22-19/h11-12,14-15,21H,2-10,13,16-18H2,1H3. The Hall–Kier alpha value is -1.42. The largest absolute Gasteiger partial charge is 0.465 e. The normalized spacial score (nSPS) is 10.7. The number of ether oxygens (including phenoxy) is 1. The summed E-state index contributed by atoms with van der Waals surface area (Å²) >= 11 is 0. The lowest BCUT2D eigenvalue weighted by Crippen LogP contribution is -2.25. The molecule has 1 rings (SSSR count). The molecule has 0 saturated heterocycles. The minimum absolute atomic E-state index is 0.179. The molecule has 1 aromatic heterocycles. The van der Waals surface area contributed by atoms with Crippen LogP contribution in [0.15, 0.2) is 24.4 Å². The number of pyridine rings is 1. The van der Waals surface area contributed by atoms with Gasteiger partial charge in [0.05, 0.1) is 18.8 Å². The van der Waals surface area contributed by atoms with Gasteiger partial charge in [0.1, 0.15) is 0 Å². The van der Waals surface area contributed by atoms with Crippen LogP contribution in [0.4, 0.5) is 0 Å². The van der Waals surface area contributed by atoms with Gasteiger partial charge in [0.25, 0.3) is 0 Å². The van der Waals surface area contributed by atoms with Crippen molar-refractivity contribution in [1.82, 2.24) is 10.3 Å². The molecule has 4 heteroatoms. The molecule has 0 aromatic carbocycles. The second-order valence-corrected chi connectivity index (χ2v) is 6.33. The fourth-order valence-corrected chi connectivity index (χ4v) is 2.62. The third-order valence-corrected chi connectivity index (χ3v) is 4.06. The van der Waals surface area contributed by atoms with Crippen LogP contribution >= 0.6 is 0 Å². The maximum Gasteiger partial charge on any atom is 0.319 e. The van der Waals surface area contributed by atoms with Gasteiger partial charge in [-0.2, -0.15) is 0 Å². The van der Waals surface area contributed by atoms with Gasteiger partial charge in [-0.25, -0.2) is 0 Å². The van der Waals surface area contributed by atoms with E-state index in [9.17, 15) is 4.79 Å². The number of unbranched alkanes of at least 4 members (excludes halogenated alkanes) is 9. The van der Waals surface area contributed by atoms with Crippen LogP contribution in [0.25, 0.3) is 0 Å². The lowest BCUT2D eigenvalue weighted by Gasteiger charge is -2.06. The SMILES string of the molecule is CCCCCCCCCCCCOC(=O)CNCc1ccccn1. The van der Waals surface area contributed by atoms with Gasteiger partial charge in [-0.15, -0.1) is 0 Å². The lowest BCUT2D eigenvalue weighted by molar-refractivity contribution is -0.142. The van der Waals surface area contributed by atoms with Gasteiger partial charge in [0.2, 0.25) is 0 Å². The Morgan fingerprint density at radius 1 is 1.00 bits per heavy atom. The molecular weight excluding hydrogens is 300 g/mol. The molecule has 0 aliphatic heterocycles. The first-order valence-corrected chi connectivity index (χ1v) is 9.59. The van der Waals surface area contributed by atoms with E-state index in [1.54, 1.807) is 6.20 Å². The average Bonchev–Trinajstić information content (AvgIpc) is 2.60. The fraction of sp³-hybridized carbons (Fsp3) is 0.700. The zero-order valence-electron chi connectivity index (χ0n) is 15.3. The van der Waals surface area contributed by atoms with Crippen molar-refractivity contribution in [3.05, 3.63) is 30.1 Å². The number of nitrogens with zero attached hydrogens (tertiary/aromatic N) is 1. The van der Waals surface area contributed by atoms with E-state index in [-0.39, 0.29) is 12.5 Å². The van der Waals surface area contributed by atoms with E-state index < -0.39 is 0 Å². The summed E-state index contributed by atoms with van der Waals surface area (Å²) in [4.78, 5) is 15.8. The topological polar surface area (TPSA) is 51.2 Å². The van der Waals surface area contributed by atoms with E-state index >= 15 is 0 Å². The Balaban J connectivity index is 1.82. The summed E-state index contributed by atoms with van der Waals surface area (Å²) in [6.07, 6.45) is 14.6. The van der Waals surface area contributed by atoms with Crippen LogP contribution in [-0.4, -0.2) is 24.1 Å². The first-order chi connectivity index (χ1) is 11.8. The Morgan fingerprint density at radius 3 is 2.29 bits per heavy atom. The van der Waals surface area contributed by atoms with Gasteiger partial charge >= 0.3 is 5.97 Å². The van der Waals surface area contributed by atoms with Crippen molar-refractivity contribution in [2.45, 2.75) is 77.7 Å². The van der Waals surface area contributed by atoms with Crippen molar-refractivity contribution in [2.24, 2.45) is 0 Å². The van der Waals surface area contributed by atoms with E-state index in [0.29, 0.717) is 13.2 Å². The second kappa shape index (κ2) is 15.1. The van der Waals surface area contributed by atoms with Crippen LogP contribution in [0.5, 0.6) is 0 Å². The second-order valence-electron chi connectivity index (χ2n) is 6.33. The first-order valence-electron chi connectivity index (χ1n) is 9.59.